The number of aliphatic hydroxyl groups is 1. The lowest BCUT2D eigenvalue weighted by Crippen LogP contribution is -2.60. The van der Waals surface area contributed by atoms with Gasteiger partial charge in [-0.05, 0) is 89.6 Å². The number of nitrogens with zero attached hydrogens (tertiary/aromatic N) is 1. The molecule has 0 spiro atoms. The minimum atomic E-state index is -1.67. The third-order valence-corrected chi connectivity index (χ3v) is 10.6. The molecule has 15 N–H and O–H groups in total. The Morgan fingerprint density at radius 3 is 1.74 bits per heavy atom. The fourth-order valence-corrected chi connectivity index (χ4v) is 6.55. The summed E-state index contributed by atoms with van der Waals surface area (Å²) >= 11 is 0. The quantitative estimate of drug-likeness (QED) is 0.0336. The van der Waals surface area contributed by atoms with Crippen LogP contribution in [0, 0.1) is 11.8 Å². The third kappa shape index (κ3) is 18.7. The standard InChI is InChI=1S/C39H70N10O12/c1-6-22(4)30(42)38(59)49-19-11-14-27(49)36(57)45-25(13-8-10-18-41)35(56)47-31(21(2)3)37(58)46-26(15-16-29(52)53)33(54)43-20-28(51)44-24(12-7-9-17-40)34(55)48-32(23(5)50)39(60)61/h21-27,30-32,50H,6-20,40-42H2,1-5H3,(H,43,54)(H,44,51)(H,45,57)(H,46,58)(H,47,56)(H,48,55)(H,52,53)(H,60,61)/t22-,23+,24-,25-,26-,27-,30-,31-,32-/m0/s1. The van der Waals surface area contributed by atoms with Gasteiger partial charge in [-0.1, -0.05) is 34.1 Å². The minimum absolute atomic E-state index is 0.0395. The Kier molecular flexibility index (Phi) is 24.7. The van der Waals surface area contributed by atoms with Crippen molar-refractivity contribution in [2.24, 2.45) is 29.0 Å². The van der Waals surface area contributed by atoms with Crippen molar-refractivity contribution in [3.05, 3.63) is 0 Å². The lowest BCUT2D eigenvalue weighted by atomic mass is 9.98. The molecule has 0 aliphatic carbocycles. The number of nitrogens with one attached hydrogen (secondary N) is 6. The number of amides is 7. The molecule has 1 heterocycles. The Labute approximate surface area is 357 Å². The molecule has 1 aliphatic rings. The van der Waals surface area contributed by atoms with Crippen molar-refractivity contribution in [2.75, 3.05) is 26.2 Å². The van der Waals surface area contributed by atoms with Gasteiger partial charge in [0, 0.05) is 13.0 Å². The lowest BCUT2D eigenvalue weighted by Gasteiger charge is -2.30. The second kappa shape index (κ2) is 27.8. The maximum Gasteiger partial charge on any atom is 0.328 e. The van der Waals surface area contributed by atoms with Crippen LogP contribution in [0.1, 0.15) is 105 Å². The van der Waals surface area contributed by atoms with Crippen molar-refractivity contribution in [3.8, 4) is 0 Å². The monoisotopic (exact) mass is 871 g/mol. The fourth-order valence-electron chi connectivity index (χ4n) is 6.55. The number of unbranched alkanes of at least 4 members (excludes halogenated alkanes) is 2. The van der Waals surface area contributed by atoms with E-state index in [0.717, 1.165) is 6.92 Å². The van der Waals surface area contributed by atoms with E-state index in [4.69, 9.17) is 17.2 Å². The van der Waals surface area contributed by atoms with Crippen molar-refractivity contribution in [1.29, 1.82) is 0 Å². The first kappa shape index (κ1) is 54.1. The number of likely N-dealkylation sites (tertiary alicyclic amines) is 1. The summed E-state index contributed by atoms with van der Waals surface area (Å²) in [5.74, 6) is -8.74. The van der Waals surface area contributed by atoms with Crippen LogP contribution in [-0.2, 0) is 43.2 Å². The van der Waals surface area contributed by atoms with E-state index < -0.39 is 121 Å². The van der Waals surface area contributed by atoms with Gasteiger partial charge < -0.3 is 69.3 Å². The first-order valence-corrected chi connectivity index (χ1v) is 21.1. The van der Waals surface area contributed by atoms with Crippen LogP contribution in [0.5, 0.6) is 0 Å². The fraction of sp³-hybridized carbons (Fsp3) is 0.769. The lowest BCUT2D eigenvalue weighted by molar-refractivity contribution is -0.145. The minimum Gasteiger partial charge on any atom is -0.481 e. The smallest absolute Gasteiger partial charge is 0.328 e. The molecule has 0 radical (unpaired) electrons. The Bertz CT molecular complexity index is 1500. The van der Waals surface area contributed by atoms with E-state index in [2.05, 4.69) is 31.9 Å². The van der Waals surface area contributed by atoms with Gasteiger partial charge >= 0.3 is 11.9 Å². The van der Waals surface area contributed by atoms with Gasteiger partial charge in [-0.3, -0.25) is 38.4 Å². The summed E-state index contributed by atoms with van der Waals surface area (Å²) < 4.78 is 0. The van der Waals surface area contributed by atoms with Crippen molar-refractivity contribution in [1.82, 2.24) is 36.8 Å². The van der Waals surface area contributed by atoms with Crippen LogP contribution >= 0.6 is 0 Å². The summed E-state index contributed by atoms with van der Waals surface area (Å²) in [5, 5.41) is 43.2. The maximum atomic E-state index is 13.8. The average Bonchev–Trinajstić information content (AvgIpc) is 3.70. The Hall–Kier alpha value is -4.93. The molecule has 0 saturated carbocycles. The first-order chi connectivity index (χ1) is 28.7. The molecule has 22 nitrogen and oxygen atoms in total. The van der Waals surface area contributed by atoms with Crippen molar-refractivity contribution in [2.45, 2.75) is 154 Å². The number of aliphatic hydroxyl groups excluding tert-OH is 1. The molecule has 9 atom stereocenters. The highest BCUT2D eigenvalue weighted by atomic mass is 16.4. The molecule has 61 heavy (non-hydrogen) atoms. The van der Waals surface area contributed by atoms with Crippen LogP contribution in [0.4, 0.5) is 0 Å². The van der Waals surface area contributed by atoms with Crippen LogP contribution in [-0.4, -0.2) is 148 Å². The largest absolute Gasteiger partial charge is 0.481 e. The van der Waals surface area contributed by atoms with Crippen molar-refractivity contribution >= 4 is 53.3 Å². The molecule has 348 valence electrons. The predicted octanol–water partition coefficient (Wildman–Crippen LogP) is -2.86. The average molecular weight is 871 g/mol. The number of carbonyl (C=O) groups is 9. The summed E-state index contributed by atoms with van der Waals surface area (Å²) in [6.07, 6.45) is 1.13. The van der Waals surface area contributed by atoms with Gasteiger partial charge in [0.2, 0.25) is 41.4 Å². The van der Waals surface area contributed by atoms with Crippen molar-refractivity contribution < 1.29 is 58.5 Å². The highest BCUT2D eigenvalue weighted by Crippen LogP contribution is 2.21. The van der Waals surface area contributed by atoms with Gasteiger partial charge in [0.1, 0.15) is 30.2 Å². The van der Waals surface area contributed by atoms with E-state index in [1.807, 2.05) is 13.8 Å². The van der Waals surface area contributed by atoms with Crippen LogP contribution in [0.25, 0.3) is 0 Å². The molecule has 0 bridgehead atoms. The highest BCUT2D eigenvalue weighted by molar-refractivity contribution is 5.97. The normalized spacial score (nSPS) is 17.7. The second-order valence-corrected chi connectivity index (χ2v) is 15.9. The highest BCUT2D eigenvalue weighted by Gasteiger charge is 2.39. The molecule has 1 rings (SSSR count). The van der Waals surface area contributed by atoms with E-state index in [1.165, 1.54) is 4.90 Å². The number of aliphatic carboxylic acids is 2. The molecule has 1 saturated heterocycles. The van der Waals surface area contributed by atoms with Gasteiger partial charge in [0.15, 0.2) is 6.04 Å². The number of hydrogen-bond acceptors (Lipinski definition) is 13. The molecule has 0 aromatic heterocycles. The summed E-state index contributed by atoms with van der Waals surface area (Å²) in [7, 11) is 0. The molecule has 1 fully saturated rings. The Morgan fingerprint density at radius 1 is 0.705 bits per heavy atom. The zero-order valence-corrected chi connectivity index (χ0v) is 36.1. The number of carboxylic acid groups (broad SMARTS) is 2. The molecular formula is C39H70N10O12. The van der Waals surface area contributed by atoms with Gasteiger partial charge in [0.25, 0.3) is 0 Å². The van der Waals surface area contributed by atoms with Gasteiger partial charge in [-0.2, -0.15) is 0 Å². The number of hydrogen-bond donors (Lipinski definition) is 12. The summed E-state index contributed by atoms with van der Waals surface area (Å²) in [4.78, 5) is 118. The second-order valence-electron chi connectivity index (χ2n) is 15.9. The molecule has 0 aromatic rings. The van der Waals surface area contributed by atoms with Gasteiger partial charge in [-0.15, -0.1) is 0 Å². The molecule has 0 unspecified atom stereocenters. The van der Waals surface area contributed by atoms with E-state index in [0.29, 0.717) is 58.0 Å². The topological polar surface area (TPSA) is 368 Å². The van der Waals surface area contributed by atoms with Crippen LogP contribution in [0.2, 0.25) is 0 Å². The number of carboxylic acids is 2. The van der Waals surface area contributed by atoms with Gasteiger partial charge in [0.05, 0.1) is 18.7 Å². The van der Waals surface area contributed by atoms with Crippen LogP contribution in [0.3, 0.4) is 0 Å². The molecule has 22 heteroatoms. The predicted molar refractivity (Wildman–Crippen MR) is 222 cm³/mol. The summed E-state index contributed by atoms with van der Waals surface area (Å²) in [6, 6.07) is -8.53. The molecular weight excluding hydrogens is 800 g/mol. The Morgan fingerprint density at radius 2 is 1.25 bits per heavy atom. The van der Waals surface area contributed by atoms with E-state index in [1.54, 1.807) is 13.8 Å². The van der Waals surface area contributed by atoms with E-state index >= 15 is 0 Å². The first-order valence-electron chi connectivity index (χ1n) is 21.1. The van der Waals surface area contributed by atoms with E-state index in [9.17, 15) is 58.5 Å². The number of rotatable bonds is 29. The summed E-state index contributed by atoms with van der Waals surface area (Å²) in [6.45, 7) is 8.34. The maximum absolute atomic E-state index is 13.8. The van der Waals surface area contributed by atoms with E-state index in [-0.39, 0.29) is 31.2 Å². The van der Waals surface area contributed by atoms with Crippen molar-refractivity contribution in [3.63, 3.8) is 0 Å². The number of carbonyl (C=O) groups excluding carboxylic acids is 7. The van der Waals surface area contributed by atoms with Crippen LogP contribution in [0.15, 0.2) is 0 Å². The zero-order chi connectivity index (χ0) is 46.4. The van der Waals surface area contributed by atoms with Crippen LogP contribution < -0.4 is 49.1 Å². The Balaban J connectivity index is 3.16. The summed E-state index contributed by atoms with van der Waals surface area (Å²) in [5.41, 5.74) is 17.4. The number of nitrogens with two attached hydrogens (primary N) is 3. The van der Waals surface area contributed by atoms with Gasteiger partial charge in [-0.25, -0.2) is 4.79 Å². The third-order valence-electron chi connectivity index (χ3n) is 10.6. The SMILES string of the molecule is CC[C@H](C)[C@H](N)C(=O)N1CCC[C@H]1C(=O)N[C@@H](CCCCN)C(=O)N[C@H](C(=O)N[C@@H](CCC(=O)O)C(=O)NCC(=O)N[C@@H](CCCCN)C(=O)N[C@H](C(=O)O)[C@@H](C)O)C(C)C. The molecule has 1 aliphatic heterocycles. The zero-order valence-electron chi connectivity index (χ0n) is 36.1. The molecule has 7 amide bonds. The molecule has 0 aromatic carbocycles.